The van der Waals surface area contributed by atoms with Gasteiger partial charge in [0.05, 0.1) is 0 Å². The van der Waals surface area contributed by atoms with E-state index in [0.717, 1.165) is 12.3 Å². The number of hydrogen-bond acceptors (Lipinski definition) is 2. The van der Waals surface area contributed by atoms with E-state index in [4.69, 9.17) is 0 Å². The van der Waals surface area contributed by atoms with Gasteiger partial charge in [0.15, 0.2) is 0 Å². The van der Waals surface area contributed by atoms with Gasteiger partial charge in [-0.05, 0) is 17.4 Å². The molecule has 1 unspecified atom stereocenters. The summed E-state index contributed by atoms with van der Waals surface area (Å²) in [5.74, 6) is 1.06. The first-order valence-electron chi connectivity index (χ1n) is 2.73. The van der Waals surface area contributed by atoms with Gasteiger partial charge in [-0.2, -0.15) is 0 Å². The molecule has 0 bridgehead atoms. The molecule has 0 aromatic heterocycles. The van der Waals surface area contributed by atoms with Crippen LogP contribution < -0.4 is 5.09 Å². The molecule has 2 nitrogen and oxygen atoms in total. The van der Waals surface area contributed by atoms with Crippen molar-refractivity contribution in [2.45, 2.75) is 12.8 Å². The fraction of sp³-hybridized carbons (Fsp3) is 1.00. The van der Waals surface area contributed by atoms with E-state index in [1.54, 1.807) is 0 Å². The van der Waals surface area contributed by atoms with Crippen LogP contribution in [0.1, 0.15) is 12.8 Å². The number of rotatable bonds is 0. The minimum absolute atomic E-state index is 0.933. The van der Waals surface area contributed by atoms with Crippen LogP contribution in [0.3, 0.4) is 0 Å². The second-order valence-electron chi connectivity index (χ2n) is 1.71. The molecule has 1 heterocycles. The molecular weight excluding hydrogens is 141 g/mol. The Bertz CT molecular complexity index is 88.0. The standard InChI is InChI=1S/C4H9NOPS/c6-7-5-3-1-2-4-8-7/h1-4H2,(H,5,6)/q+1. The number of nitrogens with one attached hydrogen (secondary N) is 1. The van der Waals surface area contributed by atoms with Crippen molar-refractivity contribution in [1.29, 1.82) is 0 Å². The lowest BCUT2D eigenvalue weighted by atomic mass is 10.3. The molecule has 1 atom stereocenters. The van der Waals surface area contributed by atoms with E-state index in [-0.39, 0.29) is 0 Å². The van der Waals surface area contributed by atoms with Crippen LogP contribution in [0.4, 0.5) is 0 Å². The molecule has 1 aliphatic rings. The van der Waals surface area contributed by atoms with E-state index in [1.165, 1.54) is 24.2 Å². The van der Waals surface area contributed by atoms with E-state index in [0.29, 0.717) is 0 Å². The normalized spacial score (nSPS) is 27.2. The highest BCUT2D eigenvalue weighted by Crippen LogP contribution is 2.35. The molecule has 1 rings (SSSR count). The van der Waals surface area contributed by atoms with Crippen molar-refractivity contribution < 1.29 is 4.57 Å². The van der Waals surface area contributed by atoms with Crippen molar-refractivity contribution in [3.63, 3.8) is 0 Å². The molecule has 46 valence electrons. The van der Waals surface area contributed by atoms with Gasteiger partial charge in [-0.1, -0.05) is 5.09 Å². The van der Waals surface area contributed by atoms with Gasteiger partial charge in [0, 0.05) is 12.3 Å². The smallest absolute Gasteiger partial charge is 0.0981 e. The zero-order chi connectivity index (χ0) is 5.82. The maximum atomic E-state index is 10.7. The first kappa shape index (κ1) is 6.53. The van der Waals surface area contributed by atoms with E-state index in [9.17, 15) is 4.57 Å². The van der Waals surface area contributed by atoms with Crippen molar-refractivity contribution in [2.75, 3.05) is 12.3 Å². The van der Waals surface area contributed by atoms with Crippen LogP contribution in [-0.4, -0.2) is 12.3 Å². The van der Waals surface area contributed by atoms with Crippen molar-refractivity contribution in [3.8, 4) is 0 Å². The minimum atomic E-state index is -1.10. The fourth-order valence-electron chi connectivity index (χ4n) is 0.591. The SMILES string of the molecule is O=[P+]1NCCCCS1. The van der Waals surface area contributed by atoms with Crippen molar-refractivity contribution in [3.05, 3.63) is 0 Å². The molecule has 4 heteroatoms. The summed E-state index contributed by atoms with van der Waals surface area (Å²) in [6.07, 6.45) is 2.38. The Labute approximate surface area is 54.0 Å². The lowest BCUT2D eigenvalue weighted by molar-refractivity contribution is 0.588. The summed E-state index contributed by atoms with van der Waals surface area (Å²) < 4.78 is 10.7. The van der Waals surface area contributed by atoms with Gasteiger partial charge in [0.2, 0.25) is 0 Å². The first-order valence-corrected chi connectivity index (χ1v) is 5.58. The average Bonchev–Trinajstić information content (AvgIpc) is 1.94. The van der Waals surface area contributed by atoms with Crippen LogP contribution >= 0.6 is 18.5 Å². The van der Waals surface area contributed by atoms with Gasteiger partial charge in [0.25, 0.3) is 0 Å². The van der Waals surface area contributed by atoms with E-state index in [2.05, 4.69) is 5.09 Å². The third-order valence-corrected chi connectivity index (χ3v) is 3.85. The van der Waals surface area contributed by atoms with Crippen LogP contribution in [0, 0.1) is 0 Å². The Balaban J connectivity index is 2.27. The van der Waals surface area contributed by atoms with Crippen LogP contribution in [0.2, 0.25) is 0 Å². The van der Waals surface area contributed by atoms with Crippen molar-refractivity contribution in [1.82, 2.24) is 5.09 Å². The molecule has 0 saturated carbocycles. The summed E-state index contributed by atoms with van der Waals surface area (Å²) in [6, 6.07) is 0. The van der Waals surface area contributed by atoms with Crippen molar-refractivity contribution in [2.24, 2.45) is 0 Å². The second kappa shape index (κ2) is 3.44. The maximum Gasteiger partial charge on any atom is 0.507 e. The Morgan fingerprint density at radius 3 is 3.25 bits per heavy atom. The summed E-state index contributed by atoms with van der Waals surface area (Å²) >= 11 is 1.54. The monoisotopic (exact) mass is 150 g/mol. The molecule has 0 aromatic carbocycles. The maximum absolute atomic E-state index is 10.7. The molecule has 1 N–H and O–H groups in total. The summed E-state index contributed by atoms with van der Waals surface area (Å²) in [4.78, 5) is 0. The van der Waals surface area contributed by atoms with E-state index in [1.807, 2.05) is 0 Å². The predicted octanol–water partition coefficient (Wildman–Crippen LogP) is 1.76. The Morgan fingerprint density at radius 1 is 1.50 bits per heavy atom. The van der Waals surface area contributed by atoms with Gasteiger partial charge in [-0.3, -0.25) is 0 Å². The van der Waals surface area contributed by atoms with Gasteiger partial charge in [0.1, 0.15) is 11.4 Å². The molecular formula is C4H9NOPS+. The zero-order valence-electron chi connectivity index (χ0n) is 4.59. The topological polar surface area (TPSA) is 29.1 Å². The highest BCUT2D eigenvalue weighted by molar-refractivity contribution is 8.51. The largest absolute Gasteiger partial charge is 0.507 e. The van der Waals surface area contributed by atoms with Crippen LogP contribution in [0.15, 0.2) is 0 Å². The summed E-state index contributed by atoms with van der Waals surface area (Å²) in [5, 5.41) is 2.92. The van der Waals surface area contributed by atoms with Gasteiger partial charge >= 0.3 is 7.15 Å². The lowest BCUT2D eigenvalue weighted by Crippen LogP contribution is -2.00. The molecule has 0 amide bonds. The van der Waals surface area contributed by atoms with Crippen LogP contribution in [0.25, 0.3) is 0 Å². The summed E-state index contributed by atoms with van der Waals surface area (Å²) in [6.45, 7) is 0.933. The van der Waals surface area contributed by atoms with E-state index < -0.39 is 7.15 Å². The number of hydrogen-bond donors (Lipinski definition) is 1. The summed E-state index contributed by atoms with van der Waals surface area (Å²) in [7, 11) is -1.10. The first-order chi connectivity index (χ1) is 3.89. The van der Waals surface area contributed by atoms with Gasteiger partial charge < -0.3 is 0 Å². The molecule has 1 saturated heterocycles. The van der Waals surface area contributed by atoms with Crippen LogP contribution in [0.5, 0.6) is 0 Å². The molecule has 0 aromatic rings. The predicted molar refractivity (Wildman–Crippen MR) is 37.3 cm³/mol. The summed E-state index contributed by atoms with van der Waals surface area (Å²) in [5.41, 5.74) is 0. The Morgan fingerprint density at radius 2 is 2.38 bits per heavy atom. The fourth-order valence-corrected chi connectivity index (χ4v) is 2.95. The lowest BCUT2D eigenvalue weighted by Gasteiger charge is -1.81. The van der Waals surface area contributed by atoms with E-state index >= 15 is 0 Å². The van der Waals surface area contributed by atoms with Crippen molar-refractivity contribution >= 4 is 18.5 Å². The van der Waals surface area contributed by atoms with Crippen LogP contribution in [-0.2, 0) is 4.57 Å². The highest BCUT2D eigenvalue weighted by Gasteiger charge is 2.18. The third-order valence-electron chi connectivity index (χ3n) is 1.02. The molecule has 1 aliphatic heterocycles. The molecule has 0 radical (unpaired) electrons. The highest BCUT2D eigenvalue weighted by atomic mass is 32.7. The van der Waals surface area contributed by atoms with Gasteiger partial charge in [-0.25, -0.2) is 0 Å². The molecule has 0 aliphatic carbocycles. The second-order valence-corrected chi connectivity index (χ2v) is 4.97. The Kier molecular flexibility index (Phi) is 2.81. The zero-order valence-corrected chi connectivity index (χ0v) is 6.30. The Hall–Kier alpha value is 0.410. The molecule has 8 heavy (non-hydrogen) atoms. The quantitative estimate of drug-likeness (QED) is 0.533. The minimum Gasteiger partial charge on any atom is -0.0981 e. The molecule has 1 fully saturated rings. The average molecular weight is 150 g/mol. The van der Waals surface area contributed by atoms with Gasteiger partial charge in [-0.15, -0.1) is 0 Å². The molecule has 0 spiro atoms. The third kappa shape index (κ3) is 2.12.